The average molecular weight is 189 g/mol. The number of aryl methyl sites for hydroxylation is 2. The van der Waals surface area contributed by atoms with Crippen LogP contribution in [0.15, 0.2) is 18.2 Å². The Hall–Kier alpha value is -0.820. The molecule has 2 unspecified atom stereocenters. The lowest BCUT2D eigenvalue weighted by Crippen LogP contribution is -2.23. The largest absolute Gasteiger partial charge is 0.327 e. The molecule has 2 rings (SSSR count). The average Bonchev–Trinajstić information content (AvgIpc) is 2.52. The van der Waals surface area contributed by atoms with Gasteiger partial charge in [0, 0.05) is 6.04 Å². The molecule has 0 heterocycles. The van der Waals surface area contributed by atoms with E-state index in [0.717, 1.165) is 0 Å². The Morgan fingerprint density at radius 3 is 2.57 bits per heavy atom. The molecule has 0 amide bonds. The van der Waals surface area contributed by atoms with Crippen molar-refractivity contribution in [2.24, 2.45) is 5.73 Å². The minimum absolute atomic E-state index is 0.386. The molecule has 1 aliphatic rings. The lowest BCUT2D eigenvalue weighted by molar-refractivity contribution is 0.610. The summed E-state index contributed by atoms with van der Waals surface area (Å²) in [4.78, 5) is 0. The van der Waals surface area contributed by atoms with Crippen LogP contribution < -0.4 is 5.73 Å². The van der Waals surface area contributed by atoms with E-state index < -0.39 is 0 Å². The first-order valence-corrected chi connectivity index (χ1v) is 5.51. The summed E-state index contributed by atoms with van der Waals surface area (Å²) in [5.41, 5.74) is 10.3. The molecule has 1 heteroatoms. The van der Waals surface area contributed by atoms with Crippen molar-refractivity contribution in [2.75, 3.05) is 0 Å². The fraction of sp³-hybridized carbons (Fsp3) is 0.538. The molecule has 0 bridgehead atoms. The van der Waals surface area contributed by atoms with Crippen LogP contribution in [-0.4, -0.2) is 6.04 Å². The topological polar surface area (TPSA) is 26.0 Å². The summed E-state index contributed by atoms with van der Waals surface area (Å²) >= 11 is 0. The summed E-state index contributed by atoms with van der Waals surface area (Å²) in [6, 6.07) is 7.12. The lowest BCUT2D eigenvalue weighted by atomic mass is 9.90. The Balaban J connectivity index is 2.31. The van der Waals surface area contributed by atoms with Gasteiger partial charge < -0.3 is 5.73 Å². The Morgan fingerprint density at radius 2 is 2.00 bits per heavy atom. The third-order valence-electron chi connectivity index (χ3n) is 3.39. The van der Waals surface area contributed by atoms with E-state index in [1.807, 2.05) is 0 Å². The molecule has 2 atom stereocenters. The normalized spacial score (nSPS) is 26.8. The highest BCUT2D eigenvalue weighted by molar-refractivity contribution is 5.34. The maximum Gasteiger partial charge on any atom is 0.0108 e. The standard InChI is InChI=1S/C13H19N/c1-9-6-7-11(10(2)8-9)12-4-3-5-13(12)14/h6-8,12-13H,3-5,14H2,1-2H3. The number of benzene rings is 1. The quantitative estimate of drug-likeness (QED) is 0.722. The highest BCUT2D eigenvalue weighted by Gasteiger charge is 2.26. The molecule has 1 aromatic carbocycles. The second-order valence-electron chi connectivity index (χ2n) is 4.56. The second-order valence-corrected chi connectivity index (χ2v) is 4.56. The Labute approximate surface area is 86.3 Å². The van der Waals surface area contributed by atoms with Crippen molar-refractivity contribution in [3.8, 4) is 0 Å². The number of rotatable bonds is 1. The van der Waals surface area contributed by atoms with Crippen LogP contribution in [-0.2, 0) is 0 Å². The molecule has 0 spiro atoms. The molecular weight excluding hydrogens is 170 g/mol. The molecule has 1 aromatic rings. The molecule has 0 aromatic heterocycles. The van der Waals surface area contributed by atoms with E-state index in [1.165, 1.54) is 36.0 Å². The van der Waals surface area contributed by atoms with Crippen LogP contribution in [0.2, 0.25) is 0 Å². The first kappa shape index (κ1) is 9.72. The minimum Gasteiger partial charge on any atom is -0.327 e. The van der Waals surface area contributed by atoms with E-state index in [1.54, 1.807) is 0 Å². The van der Waals surface area contributed by atoms with Gasteiger partial charge in [0.25, 0.3) is 0 Å². The highest BCUT2D eigenvalue weighted by atomic mass is 14.7. The summed E-state index contributed by atoms with van der Waals surface area (Å²) in [6.07, 6.45) is 3.75. The zero-order valence-corrected chi connectivity index (χ0v) is 9.09. The van der Waals surface area contributed by atoms with Gasteiger partial charge in [-0.25, -0.2) is 0 Å². The minimum atomic E-state index is 0.386. The second kappa shape index (κ2) is 3.74. The van der Waals surface area contributed by atoms with Gasteiger partial charge in [0.05, 0.1) is 0 Å². The lowest BCUT2D eigenvalue weighted by Gasteiger charge is -2.18. The van der Waals surface area contributed by atoms with Gasteiger partial charge in [0.2, 0.25) is 0 Å². The molecular formula is C13H19N. The first-order chi connectivity index (χ1) is 6.68. The first-order valence-electron chi connectivity index (χ1n) is 5.51. The molecule has 0 saturated heterocycles. The molecule has 0 aliphatic heterocycles. The van der Waals surface area contributed by atoms with Crippen molar-refractivity contribution in [2.45, 2.75) is 45.1 Å². The van der Waals surface area contributed by atoms with Crippen molar-refractivity contribution in [3.63, 3.8) is 0 Å². The molecule has 1 saturated carbocycles. The Bertz CT molecular complexity index is 330. The van der Waals surface area contributed by atoms with Crippen LogP contribution in [0.3, 0.4) is 0 Å². The zero-order chi connectivity index (χ0) is 10.1. The summed E-state index contributed by atoms with van der Waals surface area (Å²) in [7, 11) is 0. The monoisotopic (exact) mass is 189 g/mol. The maximum absolute atomic E-state index is 6.12. The number of nitrogens with two attached hydrogens (primary N) is 1. The van der Waals surface area contributed by atoms with Crippen molar-refractivity contribution in [1.82, 2.24) is 0 Å². The van der Waals surface area contributed by atoms with Crippen LogP contribution >= 0.6 is 0 Å². The number of hydrogen-bond acceptors (Lipinski definition) is 1. The molecule has 14 heavy (non-hydrogen) atoms. The van der Waals surface area contributed by atoms with E-state index in [9.17, 15) is 0 Å². The smallest absolute Gasteiger partial charge is 0.0108 e. The van der Waals surface area contributed by atoms with E-state index in [4.69, 9.17) is 5.73 Å². The van der Waals surface area contributed by atoms with Crippen LogP contribution in [0.5, 0.6) is 0 Å². The van der Waals surface area contributed by atoms with Gasteiger partial charge >= 0.3 is 0 Å². The fourth-order valence-corrected chi connectivity index (χ4v) is 2.62. The van der Waals surface area contributed by atoms with E-state index in [-0.39, 0.29) is 0 Å². The van der Waals surface area contributed by atoms with Gasteiger partial charge in [-0.3, -0.25) is 0 Å². The Morgan fingerprint density at radius 1 is 1.21 bits per heavy atom. The predicted octanol–water partition coefficient (Wildman–Crippen LogP) is 2.90. The van der Waals surface area contributed by atoms with Crippen molar-refractivity contribution < 1.29 is 0 Å². The highest BCUT2D eigenvalue weighted by Crippen LogP contribution is 2.35. The molecule has 2 N–H and O–H groups in total. The third kappa shape index (κ3) is 1.69. The third-order valence-corrected chi connectivity index (χ3v) is 3.39. The van der Waals surface area contributed by atoms with Gasteiger partial charge in [-0.1, -0.05) is 30.2 Å². The van der Waals surface area contributed by atoms with Gasteiger partial charge in [0.15, 0.2) is 0 Å². The van der Waals surface area contributed by atoms with Crippen molar-refractivity contribution in [3.05, 3.63) is 34.9 Å². The van der Waals surface area contributed by atoms with Gasteiger partial charge in [-0.15, -0.1) is 0 Å². The maximum atomic E-state index is 6.12. The molecule has 1 fully saturated rings. The fourth-order valence-electron chi connectivity index (χ4n) is 2.62. The van der Waals surface area contributed by atoms with Crippen LogP contribution in [0, 0.1) is 13.8 Å². The van der Waals surface area contributed by atoms with Gasteiger partial charge in [-0.05, 0) is 43.7 Å². The SMILES string of the molecule is Cc1ccc(C2CCCC2N)c(C)c1. The summed E-state index contributed by atoms with van der Waals surface area (Å²) < 4.78 is 0. The van der Waals surface area contributed by atoms with E-state index in [0.29, 0.717) is 12.0 Å². The van der Waals surface area contributed by atoms with Crippen molar-refractivity contribution in [1.29, 1.82) is 0 Å². The summed E-state index contributed by atoms with van der Waals surface area (Å²) in [5.74, 6) is 0.607. The predicted molar refractivity (Wildman–Crippen MR) is 60.5 cm³/mol. The van der Waals surface area contributed by atoms with E-state index >= 15 is 0 Å². The van der Waals surface area contributed by atoms with Crippen LogP contribution in [0.1, 0.15) is 41.9 Å². The van der Waals surface area contributed by atoms with Gasteiger partial charge in [0.1, 0.15) is 0 Å². The molecule has 76 valence electrons. The Kier molecular flexibility index (Phi) is 2.60. The van der Waals surface area contributed by atoms with Crippen molar-refractivity contribution >= 4 is 0 Å². The molecule has 1 aliphatic carbocycles. The molecule has 1 nitrogen and oxygen atoms in total. The van der Waals surface area contributed by atoms with Gasteiger partial charge in [-0.2, -0.15) is 0 Å². The molecule has 0 radical (unpaired) electrons. The van der Waals surface area contributed by atoms with E-state index in [2.05, 4.69) is 32.0 Å². The van der Waals surface area contributed by atoms with Crippen LogP contribution in [0.4, 0.5) is 0 Å². The zero-order valence-electron chi connectivity index (χ0n) is 9.09. The summed E-state index contributed by atoms with van der Waals surface area (Å²) in [5, 5.41) is 0. The summed E-state index contributed by atoms with van der Waals surface area (Å²) in [6.45, 7) is 4.35. The van der Waals surface area contributed by atoms with Crippen LogP contribution in [0.25, 0.3) is 0 Å². The number of hydrogen-bond donors (Lipinski definition) is 1.